The first-order chi connectivity index (χ1) is 11.3. The van der Waals surface area contributed by atoms with E-state index >= 15 is 0 Å². The average Bonchev–Trinajstić information content (AvgIpc) is 3.09. The van der Waals surface area contributed by atoms with Gasteiger partial charge in [-0.1, -0.05) is 71.6 Å². The molecule has 0 radical (unpaired) electrons. The lowest BCUT2D eigenvalue weighted by Gasteiger charge is -2.21. The van der Waals surface area contributed by atoms with Gasteiger partial charge in [0.1, 0.15) is 0 Å². The van der Waals surface area contributed by atoms with Crippen LogP contribution in [0.5, 0.6) is 0 Å². The van der Waals surface area contributed by atoms with Crippen LogP contribution in [0.4, 0.5) is 0 Å². The summed E-state index contributed by atoms with van der Waals surface area (Å²) in [5.74, 6) is 0.531. The lowest BCUT2D eigenvalue weighted by Crippen LogP contribution is -2.32. The second kappa shape index (κ2) is 13.2. The molecule has 0 unspecified atom stereocenters. The maximum Gasteiger partial charge on any atom is 0.289 e. The van der Waals surface area contributed by atoms with Gasteiger partial charge in [0.25, 0.3) is 5.91 Å². The smallest absolute Gasteiger partial charge is 0.289 e. The molecule has 1 amide bonds. The molecule has 23 heavy (non-hydrogen) atoms. The van der Waals surface area contributed by atoms with Crippen molar-refractivity contribution in [2.75, 3.05) is 13.1 Å². The van der Waals surface area contributed by atoms with E-state index < -0.39 is 0 Å². The van der Waals surface area contributed by atoms with Crippen LogP contribution < -0.4 is 0 Å². The molecular formula is C20H35NO2. The number of amides is 1. The lowest BCUT2D eigenvalue weighted by molar-refractivity contribution is 0.0717. The van der Waals surface area contributed by atoms with Crippen molar-refractivity contribution in [2.24, 2.45) is 0 Å². The van der Waals surface area contributed by atoms with Crippen LogP contribution in [-0.2, 0) is 0 Å². The van der Waals surface area contributed by atoms with Gasteiger partial charge in [-0.2, -0.15) is 0 Å². The largest absolute Gasteiger partial charge is 0.459 e. The van der Waals surface area contributed by atoms with Gasteiger partial charge in [-0.3, -0.25) is 4.79 Å². The Hall–Kier alpha value is -1.25. The van der Waals surface area contributed by atoms with Crippen molar-refractivity contribution in [3.8, 4) is 0 Å². The van der Waals surface area contributed by atoms with Gasteiger partial charge in [0.05, 0.1) is 6.26 Å². The number of furan rings is 1. The molecule has 0 aliphatic carbocycles. The zero-order valence-electron chi connectivity index (χ0n) is 15.2. The van der Waals surface area contributed by atoms with Gasteiger partial charge in [-0.05, 0) is 25.0 Å². The van der Waals surface area contributed by atoms with E-state index in [0.29, 0.717) is 5.76 Å². The fourth-order valence-corrected chi connectivity index (χ4v) is 2.86. The summed E-state index contributed by atoms with van der Waals surface area (Å²) in [7, 11) is 0. The van der Waals surface area contributed by atoms with Gasteiger partial charge in [0, 0.05) is 13.1 Å². The SMILES string of the molecule is CCCCCCCCN(CCCCCCC)C(=O)c1ccco1. The summed E-state index contributed by atoms with van der Waals surface area (Å²) >= 11 is 0. The summed E-state index contributed by atoms with van der Waals surface area (Å²) in [6.45, 7) is 6.19. The summed E-state index contributed by atoms with van der Waals surface area (Å²) in [4.78, 5) is 14.5. The summed E-state index contributed by atoms with van der Waals surface area (Å²) in [5, 5.41) is 0. The van der Waals surface area contributed by atoms with Crippen LogP contribution >= 0.6 is 0 Å². The van der Waals surface area contributed by atoms with E-state index in [0.717, 1.165) is 25.9 Å². The van der Waals surface area contributed by atoms with Gasteiger partial charge >= 0.3 is 0 Å². The third-order valence-electron chi connectivity index (χ3n) is 4.33. The Morgan fingerprint density at radius 1 is 0.870 bits per heavy atom. The highest BCUT2D eigenvalue weighted by Gasteiger charge is 2.17. The van der Waals surface area contributed by atoms with Crippen molar-refractivity contribution in [1.29, 1.82) is 0 Å². The molecule has 0 saturated heterocycles. The predicted molar refractivity (Wildman–Crippen MR) is 96.7 cm³/mol. The zero-order chi connectivity index (χ0) is 16.8. The molecule has 1 heterocycles. The van der Waals surface area contributed by atoms with Gasteiger partial charge in [0.15, 0.2) is 5.76 Å². The van der Waals surface area contributed by atoms with Crippen LogP contribution in [0.1, 0.15) is 95.0 Å². The van der Waals surface area contributed by atoms with Crippen molar-refractivity contribution in [2.45, 2.75) is 84.5 Å². The van der Waals surface area contributed by atoms with E-state index in [-0.39, 0.29) is 5.91 Å². The zero-order valence-corrected chi connectivity index (χ0v) is 15.2. The summed E-state index contributed by atoms with van der Waals surface area (Å²) in [6.07, 6.45) is 15.3. The molecule has 0 aliphatic heterocycles. The first-order valence-corrected chi connectivity index (χ1v) is 9.62. The molecule has 3 heteroatoms. The topological polar surface area (TPSA) is 33.5 Å². The van der Waals surface area contributed by atoms with Crippen LogP contribution in [-0.4, -0.2) is 23.9 Å². The Labute approximate surface area is 142 Å². The first-order valence-electron chi connectivity index (χ1n) is 9.62. The van der Waals surface area contributed by atoms with E-state index in [1.54, 1.807) is 18.4 Å². The minimum atomic E-state index is 0.0547. The molecule has 0 fully saturated rings. The number of nitrogens with zero attached hydrogens (tertiary/aromatic N) is 1. The highest BCUT2D eigenvalue weighted by atomic mass is 16.3. The molecule has 3 nitrogen and oxygen atoms in total. The van der Waals surface area contributed by atoms with E-state index in [1.165, 1.54) is 57.8 Å². The second-order valence-corrected chi connectivity index (χ2v) is 6.45. The normalized spacial score (nSPS) is 10.9. The maximum atomic E-state index is 12.5. The van der Waals surface area contributed by atoms with Crippen molar-refractivity contribution in [3.63, 3.8) is 0 Å². The van der Waals surface area contributed by atoms with Crippen LogP contribution in [0.15, 0.2) is 22.8 Å². The van der Waals surface area contributed by atoms with E-state index in [1.807, 2.05) is 4.90 Å². The molecule has 1 aromatic heterocycles. The molecule has 0 N–H and O–H groups in total. The highest BCUT2D eigenvalue weighted by Crippen LogP contribution is 2.12. The molecule has 0 spiro atoms. The number of hydrogen-bond donors (Lipinski definition) is 0. The Kier molecular flexibility index (Phi) is 11.4. The standard InChI is InChI=1S/C20H35NO2/c1-3-5-7-9-11-13-17-21(16-12-10-8-6-4-2)20(22)19-15-14-18-23-19/h14-15,18H,3-13,16-17H2,1-2H3. The van der Waals surface area contributed by atoms with Crippen LogP contribution in [0.2, 0.25) is 0 Å². The maximum absolute atomic E-state index is 12.5. The molecule has 1 aromatic rings. The molecule has 0 atom stereocenters. The number of carbonyl (C=O) groups is 1. The number of carbonyl (C=O) groups excluding carboxylic acids is 1. The van der Waals surface area contributed by atoms with Crippen LogP contribution in [0, 0.1) is 0 Å². The highest BCUT2D eigenvalue weighted by molar-refractivity contribution is 5.91. The minimum Gasteiger partial charge on any atom is -0.459 e. The molecular weight excluding hydrogens is 286 g/mol. The lowest BCUT2D eigenvalue weighted by atomic mass is 10.1. The Bertz CT molecular complexity index is 386. The van der Waals surface area contributed by atoms with Crippen molar-refractivity contribution < 1.29 is 9.21 Å². The van der Waals surface area contributed by atoms with Crippen molar-refractivity contribution >= 4 is 5.91 Å². The fraction of sp³-hybridized carbons (Fsp3) is 0.750. The molecule has 0 saturated carbocycles. The molecule has 0 aromatic carbocycles. The minimum absolute atomic E-state index is 0.0547. The average molecular weight is 322 g/mol. The van der Waals surface area contributed by atoms with Gasteiger partial charge in [0.2, 0.25) is 0 Å². The van der Waals surface area contributed by atoms with Gasteiger partial charge in [-0.15, -0.1) is 0 Å². The number of rotatable bonds is 14. The van der Waals surface area contributed by atoms with E-state index in [2.05, 4.69) is 13.8 Å². The Morgan fingerprint density at radius 3 is 1.87 bits per heavy atom. The van der Waals surface area contributed by atoms with Gasteiger partial charge in [-0.25, -0.2) is 0 Å². The Morgan fingerprint density at radius 2 is 1.39 bits per heavy atom. The third kappa shape index (κ3) is 8.83. The van der Waals surface area contributed by atoms with E-state index in [4.69, 9.17) is 4.42 Å². The molecule has 0 aliphatic rings. The van der Waals surface area contributed by atoms with Gasteiger partial charge < -0.3 is 9.32 Å². The number of unbranched alkanes of at least 4 members (excludes halogenated alkanes) is 9. The third-order valence-corrected chi connectivity index (χ3v) is 4.33. The molecule has 132 valence electrons. The van der Waals surface area contributed by atoms with Crippen LogP contribution in [0.25, 0.3) is 0 Å². The second-order valence-electron chi connectivity index (χ2n) is 6.45. The summed E-state index contributed by atoms with van der Waals surface area (Å²) < 4.78 is 5.29. The monoisotopic (exact) mass is 321 g/mol. The van der Waals surface area contributed by atoms with Crippen molar-refractivity contribution in [1.82, 2.24) is 4.90 Å². The predicted octanol–water partition coefficient (Wildman–Crippen LogP) is 6.05. The fourth-order valence-electron chi connectivity index (χ4n) is 2.86. The quantitative estimate of drug-likeness (QED) is 0.391. The summed E-state index contributed by atoms with van der Waals surface area (Å²) in [5.41, 5.74) is 0. The Balaban J connectivity index is 2.34. The van der Waals surface area contributed by atoms with Crippen molar-refractivity contribution in [3.05, 3.63) is 24.2 Å². The van der Waals surface area contributed by atoms with E-state index in [9.17, 15) is 4.79 Å². The summed E-state index contributed by atoms with van der Waals surface area (Å²) in [6, 6.07) is 3.56. The molecule has 0 bridgehead atoms. The first kappa shape index (κ1) is 19.8. The number of hydrogen-bond acceptors (Lipinski definition) is 2. The molecule has 1 rings (SSSR count). The van der Waals surface area contributed by atoms with Crippen LogP contribution in [0.3, 0.4) is 0 Å².